The summed E-state index contributed by atoms with van der Waals surface area (Å²) in [6.45, 7) is 40.2. The summed E-state index contributed by atoms with van der Waals surface area (Å²) in [5.41, 5.74) is 5.74. The van der Waals surface area contributed by atoms with Crippen LogP contribution in [0.15, 0.2) is 54.6 Å². The first kappa shape index (κ1) is 37.6. The molecule has 0 atom stereocenters. The molecular weight excluding hydrogens is 563 g/mol. The van der Waals surface area contributed by atoms with E-state index in [-0.39, 0.29) is 32.5 Å². The molecule has 3 nitrogen and oxygen atoms in total. The van der Waals surface area contributed by atoms with Crippen molar-refractivity contribution in [2.24, 2.45) is 0 Å². The molecule has 0 heterocycles. The maximum atomic E-state index is 7.16. The van der Waals surface area contributed by atoms with Gasteiger partial charge < -0.3 is 14.0 Å². The van der Waals surface area contributed by atoms with Crippen molar-refractivity contribution < 1.29 is 14.0 Å². The Balaban J connectivity index is 2.43. The van der Waals surface area contributed by atoms with Crippen LogP contribution in [0.1, 0.15) is 158 Å². The van der Waals surface area contributed by atoms with Gasteiger partial charge in [-0.05, 0) is 65.9 Å². The Bertz CT molecular complexity index is 1230. The molecule has 0 saturated heterocycles. The van der Waals surface area contributed by atoms with Gasteiger partial charge in [-0.2, -0.15) is 0 Å². The molecule has 46 heavy (non-hydrogen) atoms. The predicted molar refractivity (Wildman–Crippen MR) is 199 cm³/mol. The first-order valence-electron chi connectivity index (χ1n) is 17.1. The van der Waals surface area contributed by atoms with Crippen molar-refractivity contribution in [3.63, 3.8) is 0 Å². The third-order valence-corrected chi connectivity index (χ3v) is 8.54. The van der Waals surface area contributed by atoms with Gasteiger partial charge in [0.1, 0.15) is 17.2 Å². The highest BCUT2D eigenvalue weighted by Crippen LogP contribution is 2.44. The minimum atomic E-state index is -1.06. The smallest absolute Gasteiger partial charge is 0.489 e. The summed E-state index contributed by atoms with van der Waals surface area (Å²) < 4.78 is 21.5. The highest BCUT2D eigenvalue weighted by molar-refractivity contribution is 6.40. The SMILES string of the molecule is CC(C)(C)c1cccc(C(C)(C)C)c1OB(Oc1c(C(C)(C)C)cccc1C(C)(C)C)Oc1c(C(C)(C)C)cccc1C(C)(C)C. The van der Waals surface area contributed by atoms with E-state index in [1.165, 1.54) is 0 Å². The van der Waals surface area contributed by atoms with Gasteiger partial charge in [-0.3, -0.25) is 0 Å². The summed E-state index contributed by atoms with van der Waals surface area (Å²) in [5.74, 6) is 2.47. The molecule has 0 amide bonds. The molecule has 3 aromatic carbocycles. The largest absolute Gasteiger partial charge is 0.864 e. The summed E-state index contributed by atoms with van der Waals surface area (Å²) in [4.78, 5) is 0. The summed E-state index contributed by atoms with van der Waals surface area (Å²) in [6.07, 6.45) is 0. The minimum Gasteiger partial charge on any atom is -0.489 e. The number of rotatable bonds is 6. The standard InChI is InChI=1S/C42H63BO3/c1-37(2,3)28-22-19-23-29(38(4,5)6)34(28)44-43(45-35-30(39(7,8)9)24-20-25-31(35)40(10,11)12)46-36-32(41(13,14)15)26-21-27-33(36)42(16,17)18/h19-27H,1-18H3. The van der Waals surface area contributed by atoms with E-state index >= 15 is 0 Å². The van der Waals surface area contributed by atoms with Crippen molar-refractivity contribution in [2.45, 2.75) is 157 Å². The van der Waals surface area contributed by atoms with E-state index in [0.29, 0.717) is 0 Å². The average Bonchev–Trinajstić information content (AvgIpc) is 2.85. The van der Waals surface area contributed by atoms with E-state index < -0.39 is 7.32 Å². The fourth-order valence-corrected chi connectivity index (χ4v) is 5.90. The van der Waals surface area contributed by atoms with Gasteiger partial charge in [0.2, 0.25) is 0 Å². The predicted octanol–water partition coefficient (Wildman–Crippen LogP) is 12.0. The highest BCUT2D eigenvalue weighted by atomic mass is 16.7. The topological polar surface area (TPSA) is 27.7 Å². The van der Waals surface area contributed by atoms with Gasteiger partial charge >= 0.3 is 7.32 Å². The lowest BCUT2D eigenvalue weighted by Gasteiger charge is -2.34. The van der Waals surface area contributed by atoms with E-state index in [1.807, 2.05) is 0 Å². The first-order chi connectivity index (χ1) is 20.6. The zero-order valence-corrected chi connectivity index (χ0v) is 32.5. The molecule has 0 unspecified atom stereocenters. The molecule has 0 aromatic heterocycles. The Labute approximate surface area is 283 Å². The molecule has 0 aliphatic carbocycles. The summed E-state index contributed by atoms with van der Waals surface area (Å²) in [7, 11) is -1.06. The molecule has 252 valence electrons. The molecule has 0 aliphatic rings. The Morgan fingerprint density at radius 1 is 0.304 bits per heavy atom. The van der Waals surface area contributed by atoms with Crippen LogP contribution in [0.5, 0.6) is 17.2 Å². The summed E-state index contributed by atoms with van der Waals surface area (Å²) in [6, 6.07) is 19.5. The number of benzene rings is 3. The third-order valence-electron chi connectivity index (χ3n) is 8.54. The van der Waals surface area contributed by atoms with Crippen LogP contribution in [-0.4, -0.2) is 7.32 Å². The fraction of sp³-hybridized carbons (Fsp3) is 0.571. The van der Waals surface area contributed by atoms with Crippen molar-refractivity contribution in [3.8, 4) is 17.2 Å². The van der Waals surface area contributed by atoms with Crippen LogP contribution in [0.2, 0.25) is 0 Å². The van der Waals surface area contributed by atoms with E-state index in [0.717, 1.165) is 50.6 Å². The molecule has 0 radical (unpaired) electrons. The Hall–Kier alpha value is -2.88. The van der Waals surface area contributed by atoms with Gasteiger partial charge in [-0.25, -0.2) is 0 Å². The van der Waals surface area contributed by atoms with Crippen LogP contribution in [-0.2, 0) is 32.5 Å². The molecule has 0 spiro atoms. The summed E-state index contributed by atoms with van der Waals surface area (Å²) >= 11 is 0. The van der Waals surface area contributed by atoms with Crippen molar-refractivity contribution in [3.05, 3.63) is 88.0 Å². The number of hydrogen-bond donors (Lipinski definition) is 0. The highest BCUT2D eigenvalue weighted by Gasteiger charge is 2.41. The van der Waals surface area contributed by atoms with Gasteiger partial charge in [-0.15, -0.1) is 0 Å². The monoisotopic (exact) mass is 626 g/mol. The second-order valence-electron chi connectivity index (χ2n) is 19.2. The molecule has 0 saturated carbocycles. The van der Waals surface area contributed by atoms with Crippen molar-refractivity contribution >= 4 is 7.32 Å². The lowest BCUT2D eigenvalue weighted by Crippen LogP contribution is -2.41. The molecule has 0 N–H and O–H groups in total. The Morgan fingerprint density at radius 3 is 0.587 bits per heavy atom. The van der Waals surface area contributed by atoms with E-state index in [4.69, 9.17) is 14.0 Å². The van der Waals surface area contributed by atoms with Crippen LogP contribution in [0, 0.1) is 0 Å². The number of para-hydroxylation sites is 3. The molecule has 0 aliphatic heterocycles. The van der Waals surface area contributed by atoms with Gasteiger partial charge in [-0.1, -0.05) is 179 Å². The molecular formula is C42H63BO3. The third kappa shape index (κ3) is 8.72. The quantitative estimate of drug-likeness (QED) is 0.255. The summed E-state index contributed by atoms with van der Waals surface area (Å²) in [5, 5.41) is 0. The van der Waals surface area contributed by atoms with Gasteiger partial charge in [0.15, 0.2) is 0 Å². The molecule has 3 rings (SSSR count). The maximum absolute atomic E-state index is 7.16. The molecule has 0 bridgehead atoms. The van der Waals surface area contributed by atoms with Crippen molar-refractivity contribution in [1.82, 2.24) is 0 Å². The Kier molecular flexibility index (Phi) is 10.3. The molecule has 3 aromatic rings. The zero-order chi connectivity index (χ0) is 35.3. The zero-order valence-electron chi connectivity index (χ0n) is 32.5. The second kappa shape index (κ2) is 12.6. The fourth-order valence-electron chi connectivity index (χ4n) is 5.90. The molecule has 0 fully saturated rings. The van der Waals surface area contributed by atoms with Crippen molar-refractivity contribution in [1.29, 1.82) is 0 Å². The maximum Gasteiger partial charge on any atom is 0.864 e. The van der Waals surface area contributed by atoms with Crippen LogP contribution >= 0.6 is 0 Å². The second-order valence-corrected chi connectivity index (χ2v) is 19.2. The van der Waals surface area contributed by atoms with Gasteiger partial charge in [0.25, 0.3) is 0 Å². The van der Waals surface area contributed by atoms with Gasteiger partial charge in [0.05, 0.1) is 0 Å². The lowest BCUT2D eigenvalue weighted by atomic mass is 9.78. The van der Waals surface area contributed by atoms with Gasteiger partial charge in [0, 0.05) is 0 Å². The average molecular weight is 627 g/mol. The van der Waals surface area contributed by atoms with E-state index in [1.54, 1.807) is 0 Å². The first-order valence-corrected chi connectivity index (χ1v) is 17.1. The minimum absolute atomic E-state index is 0.166. The van der Waals surface area contributed by atoms with Crippen LogP contribution < -0.4 is 14.0 Å². The van der Waals surface area contributed by atoms with E-state index in [2.05, 4.69) is 179 Å². The molecule has 4 heteroatoms. The van der Waals surface area contributed by atoms with Crippen LogP contribution in [0.3, 0.4) is 0 Å². The normalized spacial score (nSPS) is 13.4. The van der Waals surface area contributed by atoms with Crippen LogP contribution in [0.4, 0.5) is 0 Å². The van der Waals surface area contributed by atoms with Crippen molar-refractivity contribution in [2.75, 3.05) is 0 Å². The van der Waals surface area contributed by atoms with Crippen LogP contribution in [0.25, 0.3) is 0 Å². The van der Waals surface area contributed by atoms with E-state index in [9.17, 15) is 0 Å². The Morgan fingerprint density at radius 2 is 0.457 bits per heavy atom. The number of hydrogen-bond acceptors (Lipinski definition) is 3. The lowest BCUT2D eigenvalue weighted by molar-refractivity contribution is 0.287.